The molecule has 3 unspecified atom stereocenters. The van der Waals surface area contributed by atoms with Gasteiger partial charge in [-0.1, -0.05) is 49.6 Å². The summed E-state index contributed by atoms with van der Waals surface area (Å²) >= 11 is 0. The maximum Gasteiger partial charge on any atom is 0.405 e. The van der Waals surface area contributed by atoms with Gasteiger partial charge in [-0.15, -0.1) is 0 Å². The van der Waals surface area contributed by atoms with E-state index in [9.17, 15) is 9.90 Å². The van der Waals surface area contributed by atoms with Crippen LogP contribution < -0.4 is 11.1 Å². The van der Waals surface area contributed by atoms with E-state index in [2.05, 4.69) is 5.32 Å². The molecule has 128 valence electrons. The lowest BCUT2D eigenvalue weighted by atomic mass is 9.83. The van der Waals surface area contributed by atoms with E-state index in [0.29, 0.717) is 6.04 Å². The van der Waals surface area contributed by atoms with Gasteiger partial charge in [-0.3, -0.25) is 0 Å². The molecule has 1 aromatic carbocycles. The minimum absolute atomic E-state index is 0.322. The number of ether oxygens (including phenoxy) is 1. The second-order valence-electron chi connectivity index (χ2n) is 6.61. The summed E-state index contributed by atoms with van der Waals surface area (Å²) < 4.78 is 5.51. The smallest absolute Gasteiger partial charge is 0.405 e. The van der Waals surface area contributed by atoms with Crippen molar-refractivity contribution in [2.75, 3.05) is 0 Å². The molecule has 1 fully saturated rings. The summed E-state index contributed by atoms with van der Waals surface area (Å²) in [5.74, 6) is 0. The number of aliphatic hydroxyl groups excluding tert-OH is 1. The van der Waals surface area contributed by atoms with E-state index in [1.807, 2.05) is 30.3 Å². The van der Waals surface area contributed by atoms with Crippen LogP contribution in [-0.4, -0.2) is 29.4 Å². The Labute approximate surface area is 138 Å². The van der Waals surface area contributed by atoms with E-state index >= 15 is 0 Å². The molecule has 0 spiro atoms. The highest BCUT2D eigenvalue weighted by molar-refractivity contribution is 5.65. The van der Waals surface area contributed by atoms with Gasteiger partial charge in [-0.2, -0.15) is 0 Å². The van der Waals surface area contributed by atoms with Gasteiger partial charge in [0.2, 0.25) is 0 Å². The van der Waals surface area contributed by atoms with Crippen LogP contribution in [0.15, 0.2) is 30.3 Å². The third-order valence-electron chi connectivity index (χ3n) is 4.76. The first-order valence-electron chi connectivity index (χ1n) is 8.41. The summed E-state index contributed by atoms with van der Waals surface area (Å²) in [5, 5.41) is 13.9. The molecule has 5 nitrogen and oxygen atoms in total. The molecule has 0 heterocycles. The fraction of sp³-hybridized carbons (Fsp3) is 0.611. The van der Waals surface area contributed by atoms with Crippen LogP contribution in [0, 0.1) is 0 Å². The highest BCUT2D eigenvalue weighted by Crippen LogP contribution is 2.32. The third kappa shape index (κ3) is 4.45. The Morgan fingerprint density at radius 1 is 1.30 bits per heavy atom. The van der Waals surface area contributed by atoms with Gasteiger partial charge in [0.25, 0.3) is 0 Å². The molecular weight excluding hydrogens is 292 g/mol. The van der Waals surface area contributed by atoms with E-state index in [1.165, 1.54) is 19.3 Å². The number of nitrogens with two attached hydrogens (primary N) is 1. The molecule has 0 bridgehead atoms. The summed E-state index contributed by atoms with van der Waals surface area (Å²) in [7, 11) is 0. The van der Waals surface area contributed by atoms with Gasteiger partial charge in [0, 0.05) is 6.04 Å². The van der Waals surface area contributed by atoms with Gasteiger partial charge in [-0.25, -0.2) is 4.79 Å². The Hall–Kier alpha value is -1.59. The summed E-state index contributed by atoms with van der Waals surface area (Å²) in [5.41, 5.74) is 5.10. The van der Waals surface area contributed by atoms with Gasteiger partial charge in [0.05, 0.1) is 12.1 Å². The highest BCUT2D eigenvalue weighted by Gasteiger charge is 2.43. The summed E-state index contributed by atoms with van der Waals surface area (Å²) in [6, 6.07) is 9.35. The number of hydrogen-bond donors (Lipinski definition) is 3. The Kier molecular flexibility index (Phi) is 6.02. The average Bonchev–Trinajstić information content (AvgIpc) is 2.53. The number of amides is 1. The van der Waals surface area contributed by atoms with Crippen molar-refractivity contribution in [1.29, 1.82) is 0 Å². The highest BCUT2D eigenvalue weighted by atomic mass is 16.6. The monoisotopic (exact) mass is 320 g/mol. The van der Waals surface area contributed by atoms with Crippen molar-refractivity contribution in [1.82, 2.24) is 5.32 Å². The van der Waals surface area contributed by atoms with E-state index < -0.39 is 23.8 Å². The lowest BCUT2D eigenvalue weighted by Gasteiger charge is -2.41. The molecule has 23 heavy (non-hydrogen) atoms. The van der Waals surface area contributed by atoms with E-state index in [4.69, 9.17) is 10.5 Å². The van der Waals surface area contributed by atoms with E-state index in [0.717, 1.165) is 18.4 Å². The summed E-state index contributed by atoms with van der Waals surface area (Å²) in [4.78, 5) is 11.5. The number of nitrogens with one attached hydrogen (secondary N) is 1. The number of benzene rings is 1. The van der Waals surface area contributed by atoms with Crippen LogP contribution >= 0.6 is 0 Å². The number of carbonyl (C=O) groups excluding carboxylic acids is 1. The molecule has 1 aromatic rings. The maximum atomic E-state index is 11.5. The molecule has 3 atom stereocenters. The minimum atomic E-state index is -1.03. The topological polar surface area (TPSA) is 84.6 Å². The molecule has 5 heteroatoms. The van der Waals surface area contributed by atoms with E-state index in [-0.39, 0.29) is 0 Å². The van der Waals surface area contributed by atoms with Crippen molar-refractivity contribution in [3.63, 3.8) is 0 Å². The standard InChI is InChI=1S/C18H28N2O3/c1-13(21)16(20-15-11-7-4-8-12-15)18(2,23-17(19)22)14-9-5-3-6-10-14/h3,5-6,9-10,13,15-16,20-21H,4,7-8,11-12H2,1-2H3,(H2,19,22). The zero-order valence-electron chi connectivity index (χ0n) is 14.0. The fourth-order valence-corrected chi connectivity index (χ4v) is 3.56. The van der Waals surface area contributed by atoms with Crippen molar-refractivity contribution >= 4 is 6.09 Å². The predicted molar refractivity (Wildman–Crippen MR) is 89.9 cm³/mol. The second-order valence-corrected chi connectivity index (χ2v) is 6.61. The van der Waals surface area contributed by atoms with Crippen LogP contribution in [0.2, 0.25) is 0 Å². The van der Waals surface area contributed by atoms with Gasteiger partial charge in [0.15, 0.2) is 5.60 Å². The first kappa shape index (κ1) is 17.8. The Morgan fingerprint density at radius 2 is 1.91 bits per heavy atom. The quantitative estimate of drug-likeness (QED) is 0.752. The van der Waals surface area contributed by atoms with Crippen molar-refractivity contribution < 1.29 is 14.6 Å². The Balaban J connectivity index is 2.30. The summed E-state index contributed by atoms with van der Waals surface area (Å²) in [6.45, 7) is 3.52. The molecule has 1 aliphatic carbocycles. The van der Waals surface area contributed by atoms with Crippen LogP contribution in [0.3, 0.4) is 0 Å². The normalized spacial score (nSPS) is 21.2. The molecular formula is C18H28N2O3. The van der Waals surface area contributed by atoms with Crippen LogP contribution in [0.5, 0.6) is 0 Å². The number of aliphatic hydroxyl groups is 1. The zero-order valence-corrected chi connectivity index (χ0v) is 14.0. The largest absolute Gasteiger partial charge is 0.437 e. The maximum absolute atomic E-state index is 11.5. The van der Waals surface area contributed by atoms with Crippen molar-refractivity contribution in [2.45, 2.75) is 69.7 Å². The van der Waals surface area contributed by atoms with Gasteiger partial charge in [0.1, 0.15) is 0 Å². The predicted octanol–water partition coefficient (Wildman–Crippen LogP) is 2.67. The van der Waals surface area contributed by atoms with Gasteiger partial charge >= 0.3 is 6.09 Å². The SMILES string of the molecule is CC(O)C(NC1CCCCC1)C(C)(OC(N)=O)c1ccccc1. The molecule has 0 aliphatic heterocycles. The lowest BCUT2D eigenvalue weighted by Crippen LogP contribution is -2.58. The lowest BCUT2D eigenvalue weighted by molar-refractivity contribution is -0.0463. The van der Waals surface area contributed by atoms with Crippen LogP contribution in [-0.2, 0) is 10.3 Å². The Morgan fingerprint density at radius 3 is 2.43 bits per heavy atom. The molecule has 0 aromatic heterocycles. The minimum Gasteiger partial charge on any atom is -0.437 e. The van der Waals surface area contributed by atoms with Crippen molar-refractivity contribution in [3.05, 3.63) is 35.9 Å². The van der Waals surface area contributed by atoms with Crippen LogP contribution in [0.4, 0.5) is 4.79 Å². The number of rotatable bonds is 6. The van der Waals surface area contributed by atoms with Crippen molar-refractivity contribution in [3.8, 4) is 0 Å². The average molecular weight is 320 g/mol. The number of hydrogen-bond acceptors (Lipinski definition) is 4. The molecule has 4 N–H and O–H groups in total. The molecule has 0 saturated heterocycles. The molecule has 1 saturated carbocycles. The zero-order chi connectivity index (χ0) is 16.9. The fourth-order valence-electron chi connectivity index (χ4n) is 3.56. The molecule has 2 rings (SSSR count). The Bertz CT molecular complexity index is 500. The molecule has 0 radical (unpaired) electrons. The van der Waals surface area contributed by atoms with Gasteiger partial charge in [-0.05, 0) is 32.3 Å². The van der Waals surface area contributed by atoms with E-state index in [1.54, 1.807) is 13.8 Å². The third-order valence-corrected chi connectivity index (χ3v) is 4.76. The molecule has 1 aliphatic rings. The number of carbonyl (C=O) groups is 1. The van der Waals surface area contributed by atoms with Crippen molar-refractivity contribution in [2.24, 2.45) is 5.73 Å². The van der Waals surface area contributed by atoms with Crippen LogP contribution in [0.25, 0.3) is 0 Å². The number of primary amides is 1. The van der Waals surface area contributed by atoms with Gasteiger partial charge < -0.3 is 20.9 Å². The summed E-state index contributed by atoms with van der Waals surface area (Å²) in [6.07, 6.45) is 4.24. The first-order chi connectivity index (χ1) is 10.9. The van der Waals surface area contributed by atoms with Crippen LogP contribution in [0.1, 0.15) is 51.5 Å². The molecule has 1 amide bonds. The second kappa shape index (κ2) is 7.79. The first-order valence-corrected chi connectivity index (χ1v) is 8.41.